The molecule has 0 aliphatic rings. The summed E-state index contributed by atoms with van der Waals surface area (Å²) in [6.07, 6.45) is 5.04. The van der Waals surface area contributed by atoms with Gasteiger partial charge in [0.1, 0.15) is 0 Å². The fourth-order valence-electron chi connectivity index (χ4n) is 1.18. The number of sulfone groups is 1. The molecule has 0 saturated heterocycles. The lowest BCUT2D eigenvalue weighted by molar-refractivity contribution is 0.0696. The number of terminal acetylenes is 1. The molecule has 0 radical (unpaired) electrons. The summed E-state index contributed by atoms with van der Waals surface area (Å²) < 4.78 is 23.6. The number of halogens is 1. The van der Waals surface area contributed by atoms with E-state index in [1.165, 1.54) is 12.1 Å². The van der Waals surface area contributed by atoms with Gasteiger partial charge in [-0.1, -0.05) is 11.6 Å². The number of carboxylic acids is 1. The van der Waals surface area contributed by atoms with E-state index in [1.54, 1.807) is 0 Å². The van der Waals surface area contributed by atoms with Crippen molar-refractivity contribution in [3.05, 3.63) is 28.8 Å². The van der Waals surface area contributed by atoms with Gasteiger partial charge >= 0.3 is 5.97 Å². The van der Waals surface area contributed by atoms with Crippen LogP contribution < -0.4 is 0 Å². The monoisotopic (exact) mass is 272 g/mol. The minimum Gasteiger partial charge on any atom is -0.478 e. The molecule has 6 heteroatoms. The smallest absolute Gasteiger partial charge is 0.335 e. The molecule has 0 heterocycles. The normalized spacial score (nSPS) is 10.8. The number of benzene rings is 1. The maximum absolute atomic E-state index is 11.8. The third kappa shape index (κ3) is 3.22. The quantitative estimate of drug-likeness (QED) is 0.849. The van der Waals surface area contributed by atoms with Crippen molar-refractivity contribution in [2.75, 3.05) is 5.75 Å². The van der Waals surface area contributed by atoms with Crippen LogP contribution in [0.3, 0.4) is 0 Å². The zero-order chi connectivity index (χ0) is 13.1. The zero-order valence-corrected chi connectivity index (χ0v) is 10.3. The van der Waals surface area contributed by atoms with Crippen LogP contribution in [-0.2, 0) is 9.84 Å². The van der Waals surface area contributed by atoms with Gasteiger partial charge in [-0.05, 0) is 18.2 Å². The van der Waals surface area contributed by atoms with Crippen LogP contribution in [-0.4, -0.2) is 25.2 Å². The second-order valence-corrected chi connectivity index (χ2v) is 5.71. The minimum absolute atomic E-state index is 0.00739. The van der Waals surface area contributed by atoms with Crippen LogP contribution in [0, 0.1) is 12.3 Å². The number of aromatic carboxylic acids is 1. The third-order valence-corrected chi connectivity index (χ3v) is 4.22. The number of carboxylic acid groups (broad SMARTS) is 1. The fraction of sp³-hybridized carbons (Fsp3) is 0.182. The van der Waals surface area contributed by atoms with Crippen molar-refractivity contribution in [1.29, 1.82) is 0 Å². The van der Waals surface area contributed by atoms with Crippen molar-refractivity contribution < 1.29 is 18.3 Å². The van der Waals surface area contributed by atoms with Gasteiger partial charge < -0.3 is 5.11 Å². The highest BCUT2D eigenvalue weighted by Gasteiger charge is 2.19. The van der Waals surface area contributed by atoms with E-state index >= 15 is 0 Å². The molecule has 0 fully saturated rings. The highest BCUT2D eigenvalue weighted by Crippen LogP contribution is 2.24. The first-order valence-electron chi connectivity index (χ1n) is 4.57. The van der Waals surface area contributed by atoms with E-state index in [1.807, 2.05) is 0 Å². The summed E-state index contributed by atoms with van der Waals surface area (Å²) in [4.78, 5) is 10.5. The van der Waals surface area contributed by atoms with Crippen LogP contribution in [0.15, 0.2) is 23.1 Å². The van der Waals surface area contributed by atoms with Crippen molar-refractivity contribution in [2.45, 2.75) is 11.3 Å². The van der Waals surface area contributed by atoms with Crippen LogP contribution in [0.4, 0.5) is 0 Å². The SMILES string of the molecule is C#CCCS(=O)(=O)c1cc(C(=O)O)ccc1Cl. The molecule has 0 amide bonds. The van der Waals surface area contributed by atoms with Crippen LogP contribution in [0.2, 0.25) is 5.02 Å². The highest BCUT2D eigenvalue weighted by molar-refractivity contribution is 7.91. The Bertz CT molecular complexity index is 584. The van der Waals surface area contributed by atoms with Crippen LogP contribution in [0.25, 0.3) is 0 Å². The van der Waals surface area contributed by atoms with Gasteiger partial charge in [0.25, 0.3) is 0 Å². The Balaban J connectivity index is 3.26. The Morgan fingerprint density at radius 3 is 2.65 bits per heavy atom. The molecule has 90 valence electrons. The summed E-state index contributed by atoms with van der Waals surface area (Å²) >= 11 is 5.74. The molecule has 0 aromatic heterocycles. The van der Waals surface area contributed by atoms with Crippen LogP contribution >= 0.6 is 11.6 Å². The molecule has 1 N–H and O–H groups in total. The van der Waals surface area contributed by atoms with E-state index in [9.17, 15) is 13.2 Å². The predicted molar refractivity (Wildman–Crippen MR) is 63.9 cm³/mol. The molecule has 0 aliphatic heterocycles. The first-order valence-corrected chi connectivity index (χ1v) is 6.60. The molecule has 1 aromatic rings. The number of hydrogen-bond acceptors (Lipinski definition) is 3. The maximum Gasteiger partial charge on any atom is 0.335 e. The van der Waals surface area contributed by atoms with E-state index in [0.717, 1.165) is 6.07 Å². The lowest BCUT2D eigenvalue weighted by Gasteiger charge is -2.06. The number of carbonyl (C=O) groups is 1. The number of rotatable bonds is 4. The summed E-state index contributed by atoms with van der Waals surface area (Å²) in [5.41, 5.74) is -0.131. The molecule has 1 aromatic carbocycles. The molecule has 0 unspecified atom stereocenters. The van der Waals surface area contributed by atoms with Crippen molar-refractivity contribution in [1.82, 2.24) is 0 Å². The van der Waals surface area contributed by atoms with Gasteiger partial charge in [-0.2, -0.15) is 0 Å². The van der Waals surface area contributed by atoms with E-state index in [4.69, 9.17) is 23.1 Å². The summed E-state index contributed by atoms with van der Waals surface area (Å²) in [5.74, 6) is 0.741. The average molecular weight is 273 g/mol. The van der Waals surface area contributed by atoms with E-state index < -0.39 is 15.8 Å². The van der Waals surface area contributed by atoms with Crippen molar-refractivity contribution >= 4 is 27.4 Å². The first kappa shape index (κ1) is 13.6. The van der Waals surface area contributed by atoms with Crippen LogP contribution in [0.5, 0.6) is 0 Å². The molecule has 1 rings (SSSR count). The lowest BCUT2D eigenvalue weighted by atomic mass is 10.2. The largest absolute Gasteiger partial charge is 0.478 e. The maximum atomic E-state index is 11.8. The Morgan fingerprint density at radius 1 is 1.47 bits per heavy atom. The van der Waals surface area contributed by atoms with Gasteiger partial charge in [-0.15, -0.1) is 12.3 Å². The first-order chi connectivity index (χ1) is 7.88. The molecule has 0 spiro atoms. The Morgan fingerprint density at radius 2 is 2.12 bits per heavy atom. The van der Waals surface area contributed by atoms with Crippen molar-refractivity contribution in [3.8, 4) is 12.3 Å². The predicted octanol–water partition coefficient (Wildman–Crippen LogP) is 1.84. The zero-order valence-electron chi connectivity index (χ0n) is 8.68. The average Bonchev–Trinajstić information content (AvgIpc) is 2.26. The topological polar surface area (TPSA) is 71.4 Å². The van der Waals surface area contributed by atoms with Gasteiger partial charge in [0.05, 0.1) is 21.2 Å². The molecule has 17 heavy (non-hydrogen) atoms. The molecule has 4 nitrogen and oxygen atoms in total. The van der Waals surface area contributed by atoms with Crippen molar-refractivity contribution in [3.63, 3.8) is 0 Å². The van der Waals surface area contributed by atoms with Gasteiger partial charge in [0, 0.05) is 6.42 Å². The van der Waals surface area contributed by atoms with E-state index in [2.05, 4.69) is 5.92 Å². The van der Waals surface area contributed by atoms with E-state index in [0.29, 0.717) is 0 Å². The standard InChI is InChI=1S/C11H9ClO4S/c1-2-3-6-17(15,16)10-7-8(11(13)14)4-5-9(10)12/h1,4-5,7H,3,6H2,(H,13,14). The van der Waals surface area contributed by atoms with Gasteiger partial charge in [-0.25, -0.2) is 13.2 Å². The third-order valence-electron chi connectivity index (χ3n) is 2.03. The van der Waals surface area contributed by atoms with Gasteiger partial charge in [0.2, 0.25) is 0 Å². The molecule has 0 atom stereocenters. The lowest BCUT2D eigenvalue weighted by Crippen LogP contribution is -2.08. The summed E-state index contributed by atoms with van der Waals surface area (Å²) in [5, 5.41) is 8.76. The minimum atomic E-state index is -3.65. The summed E-state index contributed by atoms with van der Waals surface area (Å²) in [6, 6.07) is 3.52. The highest BCUT2D eigenvalue weighted by atomic mass is 35.5. The van der Waals surface area contributed by atoms with E-state index in [-0.39, 0.29) is 27.7 Å². The molecule has 0 saturated carbocycles. The summed E-state index contributed by atoms with van der Waals surface area (Å²) in [6.45, 7) is 0. The second-order valence-electron chi connectivity index (χ2n) is 3.22. The molecular formula is C11H9ClO4S. The molecule has 0 bridgehead atoms. The molecule has 0 aliphatic carbocycles. The molecular weight excluding hydrogens is 264 g/mol. The Labute approximate surface area is 104 Å². The number of hydrogen-bond donors (Lipinski definition) is 1. The Kier molecular flexibility index (Phi) is 4.16. The van der Waals surface area contributed by atoms with Gasteiger partial charge in [-0.3, -0.25) is 0 Å². The summed E-state index contributed by atoms with van der Waals surface area (Å²) in [7, 11) is -3.65. The Hall–Kier alpha value is -1.51. The van der Waals surface area contributed by atoms with Crippen LogP contribution in [0.1, 0.15) is 16.8 Å². The van der Waals surface area contributed by atoms with Gasteiger partial charge in [0.15, 0.2) is 9.84 Å². The second kappa shape index (κ2) is 5.21. The van der Waals surface area contributed by atoms with Crippen molar-refractivity contribution in [2.24, 2.45) is 0 Å². The fourth-order valence-corrected chi connectivity index (χ4v) is 2.93.